The van der Waals surface area contributed by atoms with Gasteiger partial charge in [-0.2, -0.15) is 0 Å². The Balaban J connectivity index is 1.39. The molecule has 2 aliphatic rings. The van der Waals surface area contributed by atoms with Crippen molar-refractivity contribution in [2.24, 2.45) is 11.3 Å². The van der Waals surface area contributed by atoms with Crippen LogP contribution in [0.1, 0.15) is 31.9 Å². The van der Waals surface area contributed by atoms with Crippen molar-refractivity contribution in [3.8, 4) is 0 Å². The van der Waals surface area contributed by atoms with Crippen molar-refractivity contribution in [2.75, 3.05) is 39.5 Å². The van der Waals surface area contributed by atoms with Gasteiger partial charge in [-0.15, -0.1) is 0 Å². The summed E-state index contributed by atoms with van der Waals surface area (Å²) in [7, 11) is 0. The summed E-state index contributed by atoms with van der Waals surface area (Å²) >= 11 is 0. The number of nitrogens with zero attached hydrogens (tertiary/aromatic N) is 2. The molecule has 0 amide bonds. The van der Waals surface area contributed by atoms with Crippen LogP contribution < -0.4 is 0 Å². The highest BCUT2D eigenvalue weighted by molar-refractivity contribution is 5.78. The SMILES string of the molecule is CCOC[C@@H]1COCCC12CCN(Cc1ccc3ccccc3n1)CC2. The topological polar surface area (TPSA) is 34.6 Å². The maximum absolute atomic E-state index is 5.77. The molecule has 0 radical (unpaired) electrons. The third kappa shape index (κ3) is 3.78. The summed E-state index contributed by atoms with van der Waals surface area (Å²) in [4.78, 5) is 7.41. The Morgan fingerprint density at radius 1 is 1.15 bits per heavy atom. The van der Waals surface area contributed by atoms with Crippen molar-refractivity contribution in [1.82, 2.24) is 9.88 Å². The Hall–Kier alpha value is -1.49. The van der Waals surface area contributed by atoms with Gasteiger partial charge in [-0.25, -0.2) is 0 Å². The lowest BCUT2D eigenvalue weighted by Crippen LogP contribution is -2.49. The van der Waals surface area contributed by atoms with Crippen LogP contribution in [0.2, 0.25) is 0 Å². The van der Waals surface area contributed by atoms with Gasteiger partial charge in [0.2, 0.25) is 0 Å². The Kier molecular flexibility index (Phi) is 5.53. The number of rotatable bonds is 5. The minimum absolute atomic E-state index is 0.417. The molecule has 4 heteroatoms. The molecule has 2 saturated heterocycles. The van der Waals surface area contributed by atoms with E-state index in [1.54, 1.807) is 0 Å². The third-order valence-corrected chi connectivity index (χ3v) is 6.35. The fourth-order valence-corrected chi connectivity index (χ4v) is 4.61. The van der Waals surface area contributed by atoms with Gasteiger partial charge in [-0.3, -0.25) is 9.88 Å². The molecule has 0 bridgehead atoms. The number of aromatic nitrogens is 1. The van der Waals surface area contributed by atoms with Gasteiger partial charge in [0.15, 0.2) is 0 Å². The van der Waals surface area contributed by atoms with Crippen LogP contribution in [0.25, 0.3) is 10.9 Å². The molecule has 2 aliphatic heterocycles. The Bertz CT molecular complexity index is 725. The van der Waals surface area contributed by atoms with Crippen LogP contribution in [-0.4, -0.2) is 49.4 Å². The lowest BCUT2D eigenvalue weighted by molar-refractivity contribution is -0.0993. The van der Waals surface area contributed by atoms with E-state index in [1.807, 2.05) is 0 Å². The van der Waals surface area contributed by atoms with Crippen LogP contribution in [0.4, 0.5) is 0 Å². The molecule has 3 heterocycles. The molecule has 0 saturated carbocycles. The van der Waals surface area contributed by atoms with E-state index in [9.17, 15) is 0 Å². The van der Waals surface area contributed by atoms with Gasteiger partial charge in [0, 0.05) is 31.1 Å². The maximum atomic E-state index is 5.77. The minimum atomic E-state index is 0.417. The molecule has 2 aromatic rings. The van der Waals surface area contributed by atoms with Gasteiger partial charge in [0.1, 0.15) is 0 Å². The summed E-state index contributed by atoms with van der Waals surface area (Å²) in [6, 6.07) is 12.7. The molecular formula is C22H30N2O2. The monoisotopic (exact) mass is 354 g/mol. The molecule has 1 spiro atoms. The fourth-order valence-electron chi connectivity index (χ4n) is 4.61. The Labute approximate surface area is 156 Å². The molecule has 2 fully saturated rings. The lowest BCUT2D eigenvalue weighted by atomic mass is 9.66. The van der Waals surface area contributed by atoms with Gasteiger partial charge < -0.3 is 9.47 Å². The number of ether oxygens (including phenoxy) is 2. The standard InChI is InChI=1S/C22H30N2O2/c1-2-25-16-19-17-26-14-11-22(19)9-12-24(13-10-22)15-20-8-7-18-5-3-4-6-21(18)23-20/h3-8,19H,2,9-17H2,1H3/t19-/m1/s1. The van der Waals surface area contributed by atoms with Crippen LogP contribution >= 0.6 is 0 Å². The van der Waals surface area contributed by atoms with Crippen molar-refractivity contribution in [1.29, 1.82) is 0 Å². The molecule has 1 aromatic heterocycles. The zero-order valence-corrected chi connectivity index (χ0v) is 15.8. The second-order valence-corrected chi connectivity index (χ2v) is 7.82. The number of pyridine rings is 1. The molecule has 1 atom stereocenters. The molecule has 4 rings (SSSR count). The van der Waals surface area contributed by atoms with Crippen molar-refractivity contribution in [3.63, 3.8) is 0 Å². The summed E-state index contributed by atoms with van der Waals surface area (Å²) in [5.74, 6) is 0.553. The van der Waals surface area contributed by atoms with E-state index in [-0.39, 0.29) is 0 Å². The largest absolute Gasteiger partial charge is 0.381 e. The molecule has 4 nitrogen and oxygen atoms in total. The number of piperidine rings is 1. The predicted molar refractivity (Wildman–Crippen MR) is 104 cm³/mol. The summed E-state index contributed by atoms with van der Waals surface area (Å²) in [6.07, 6.45) is 3.69. The minimum Gasteiger partial charge on any atom is -0.381 e. The molecule has 1 aromatic carbocycles. The second kappa shape index (κ2) is 8.03. The number of para-hydroxylation sites is 1. The molecule has 0 unspecified atom stereocenters. The summed E-state index contributed by atoms with van der Waals surface area (Å²) in [5, 5.41) is 1.22. The van der Waals surface area contributed by atoms with E-state index < -0.39 is 0 Å². The van der Waals surface area contributed by atoms with Crippen molar-refractivity contribution >= 4 is 10.9 Å². The first kappa shape index (κ1) is 17.9. The molecule has 0 N–H and O–H groups in total. The first-order chi connectivity index (χ1) is 12.8. The number of hydrogen-bond donors (Lipinski definition) is 0. The first-order valence-corrected chi connectivity index (χ1v) is 10.0. The number of benzene rings is 1. The summed E-state index contributed by atoms with van der Waals surface area (Å²) < 4.78 is 11.5. The highest BCUT2D eigenvalue weighted by Gasteiger charge is 2.43. The number of likely N-dealkylation sites (tertiary alicyclic amines) is 1. The van der Waals surface area contributed by atoms with Crippen molar-refractivity contribution in [3.05, 3.63) is 42.1 Å². The lowest BCUT2D eigenvalue weighted by Gasteiger charge is -2.49. The zero-order valence-electron chi connectivity index (χ0n) is 15.8. The average molecular weight is 354 g/mol. The quantitative estimate of drug-likeness (QED) is 0.816. The second-order valence-electron chi connectivity index (χ2n) is 7.82. The van der Waals surface area contributed by atoms with Gasteiger partial charge in [0.25, 0.3) is 0 Å². The molecule has 0 aliphatic carbocycles. The van der Waals surface area contributed by atoms with Gasteiger partial charge >= 0.3 is 0 Å². The molecule has 140 valence electrons. The van der Waals surface area contributed by atoms with Crippen molar-refractivity contribution in [2.45, 2.75) is 32.7 Å². The van der Waals surface area contributed by atoms with Gasteiger partial charge in [0.05, 0.1) is 24.4 Å². The summed E-state index contributed by atoms with van der Waals surface area (Å²) in [6.45, 7) is 8.76. The van der Waals surface area contributed by atoms with E-state index in [4.69, 9.17) is 14.5 Å². The van der Waals surface area contributed by atoms with Crippen LogP contribution in [0.15, 0.2) is 36.4 Å². The average Bonchev–Trinajstić information content (AvgIpc) is 2.69. The smallest absolute Gasteiger partial charge is 0.0705 e. The summed E-state index contributed by atoms with van der Waals surface area (Å²) in [5.41, 5.74) is 2.69. The normalized spacial score (nSPS) is 23.5. The van der Waals surface area contributed by atoms with Crippen LogP contribution in [0.5, 0.6) is 0 Å². The Morgan fingerprint density at radius 2 is 2.00 bits per heavy atom. The van der Waals surface area contributed by atoms with E-state index in [0.717, 1.165) is 51.6 Å². The van der Waals surface area contributed by atoms with E-state index in [0.29, 0.717) is 11.3 Å². The van der Waals surface area contributed by atoms with Crippen LogP contribution in [0, 0.1) is 11.3 Å². The van der Waals surface area contributed by atoms with E-state index >= 15 is 0 Å². The van der Waals surface area contributed by atoms with E-state index in [2.05, 4.69) is 48.2 Å². The first-order valence-electron chi connectivity index (χ1n) is 10.0. The third-order valence-electron chi connectivity index (χ3n) is 6.35. The molecular weight excluding hydrogens is 324 g/mol. The number of fused-ring (bicyclic) bond motifs is 1. The van der Waals surface area contributed by atoms with E-state index in [1.165, 1.54) is 30.3 Å². The van der Waals surface area contributed by atoms with Crippen LogP contribution in [0.3, 0.4) is 0 Å². The van der Waals surface area contributed by atoms with Crippen LogP contribution in [-0.2, 0) is 16.0 Å². The molecule has 26 heavy (non-hydrogen) atoms. The zero-order chi connectivity index (χ0) is 17.8. The Morgan fingerprint density at radius 3 is 2.85 bits per heavy atom. The highest BCUT2D eigenvalue weighted by atomic mass is 16.5. The predicted octanol–water partition coefficient (Wildman–Crippen LogP) is 3.89. The highest BCUT2D eigenvalue weighted by Crippen LogP contribution is 2.45. The number of hydrogen-bond acceptors (Lipinski definition) is 4. The fraction of sp³-hybridized carbons (Fsp3) is 0.591. The van der Waals surface area contributed by atoms with Gasteiger partial charge in [-0.1, -0.05) is 24.3 Å². The van der Waals surface area contributed by atoms with Gasteiger partial charge in [-0.05, 0) is 56.8 Å². The maximum Gasteiger partial charge on any atom is 0.0705 e. The van der Waals surface area contributed by atoms with Crippen molar-refractivity contribution < 1.29 is 9.47 Å².